The SMILES string of the molecule is C[NH+](C)CCCCO.[Br-]. The van der Waals surface area contributed by atoms with Crippen LogP contribution >= 0.6 is 0 Å². The van der Waals surface area contributed by atoms with Crippen molar-refractivity contribution in [2.45, 2.75) is 12.8 Å². The maximum atomic E-state index is 8.37. The third kappa shape index (κ3) is 11.8. The summed E-state index contributed by atoms with van der Waals surface area (Å²) < 4.78 is 0. The van der Waals surface area contributed by atoms with Crippen LogP contribution in [-0.2, 0) is 0 Å². The molecular weight excluding hydrogens is 182 g/mol. The molecule has 0 fully saturated rings. The summed E-state index contributed by atoms with van der Waals surface area (Å²) >= 11 is 0. The van der Waals surface area contributed by atoms with Gasteiger partial charge in [0, 0.05) is 6.61 Å². The van der Waals surface area contributed by atoms with E-state index in [-0.39, 0.29) is 17.0 Å². The van der Waals surface area contributed by atoms with Crippen molar-refractivity contribution in [3.05, 3.63) is 0 Å². The molecule has 9 heavy (non-hydrogen) atoms. The molecule has 0 bridgehead atoms. The van der Waals surface area contributed by atoms with Crippen LogP contribution in [0.3, 0.4) is 0 Å². The highest BCUT2D eigenvalue weighted by molar-refractivity contribution is 4.31. The van der Waals surface area contributed by atoms with Gasteiger partial charge in [-0.1, -0.05) is 0 Å². The van der Waals surface area contributed by atoms with E-state index in [2.05, 4.69) is 14.1 Å². The van der Waals surface area contributed by atoms with Crippen molar-refractivity contribution in [1.82, 2.24) is 0 Å². The van der Waals surface area contributed by atoms with E-state index in [4.69, 9.17) is 5.11 Å². The molecular formula is C6H16BrNO. The van der Waals surface area contributed by atoms with Crippen molar-refractivity contribution in [1.29, 1.82) is 0 Å². The van der Waals surface area contributed by atoms with Crippen LogP contribution in [0.2, 0.25) is 0 Å². The summed E-state index contributed by atoms with van der Waals surface area (Å²) in [4.78, 5) is 1.46. The average molecular weight is 198 g/mol. The van der Waals surface area contributed by atoms with Gasteiger partial charge in [0.1, 0.15) is 0 Å². The zero-order valence-corrected chi connectivity index (χ0v) is 7.74. The summed E-state index contributed by atoms with van der Waals surface area (Å²) in [7, 11) is 4.24. The normalized spacial score (nSPS) is 9.33. The molecule has 0 unspecified atom stereocenters. The highest BCUT2D eigenvalue weighted by Gasteiger charge is 1.90. The second-order valence-electron chi connectivity index (χ2n) is 2.39. The molecule has 58 valence electrons. The van der Waals surface area contributed by atoms with Gasteiger partial charge in [0.2, 0.25) is 0 Å². The van der Waals surface area contributed by atoms with Gasteiger partial charge >= 0.3 is 0 Å². The molecule has 0 saturated carbocycles. The Morgan fingerprint density at radius 1 is 1.22 bits per heavy atom. The first-order valence-electron chi connectivity index (χ1n) is 3.17. The van der Waals surface area contributed by atoms with Crippen LogP contribution in [0.4, 0.5) is 0 Å². The predicted molar refractivity (Wildman–Crippen MR) is 34.0 cm³/mol. The van der Waals surface area contributed by atoms with E-state index < -0.39 is 0 Å². The van der Waals surface area contributed by atoms with Crippen LogP contribution < -0.4 is 21.9 Å². The predicted octanol–water partition coefficient (Wildman–Crippen LogP) is -4.09. The summed E-state index contributed by atoms with van der Waals surface area (Å²) in [6.45, 7) is 1.51. The van der Waals surface area contributed by atoms with Crippen LogP contribution in [0.5, 0.6) is 0 Å². The van der Waals surface area contributed by atoms with E-state index >= 15 is 0 Å². The van der Waals surface area contributed by atoms with Crippen LogP contribution in [0, 0.1) is 0 Å². The van der Waals surface area contributed by atoms with E-state index in [1.165, 1.54) is 11.4 Å². The summed E-state index contributed by atoms with van der Waals surface area (Å²) in [5, 5.41) is 8.37. The van der Waals surface area contributed by atoms with E-state index in [0.29, 0.717) is 6.61 Å². The van der Waals surface area contributed by atoms with E-state index in [0.717, 1.165) is 12.8 Å². The Kier molecular flexibility index (Phi) is 11.3. The Balaban J connectivity index is 0. The number of quaternary nitrogens is 1. The Morgan fingerprint density at radius 2 is 1.78 bits per heavy atom. The smallest absolute Gasteiger partial charge is 0.0767 e. The first kappa shape index (κ1) is 12.1. The van der Waals surface area contributed by atoms with Crippen molar-refractivity contribution in [2.75, 3.05) is 27.2 Å². The number of nitrogens with one attached hydrogen (secondary N) is 1. The first-order valence-corrected chi connectivity index (χ1v) is 3.17. The summed E-state index contributed by atoms with van der Waals surface area (Å²) in [5.74, 6) is 0. The standard InChI is InChI=1S/C6H15NO.BrH/c1-7(2)5-3-4-6-8;/h8H,3-6H2,1-2H3;1H. The van der Waals surface area contributed by atoms with Gasteiger partial charge in [-0.2, -0.15) is 0 Å². The highest BCUT2D eigenvalue weighted by Crippen LogP contribution is 1.79. The second kappa shape index (κ2) is 8.40. The zero-order chi connectivity index (χ0) is 6.41. The molecule has 3 heteroatoms. The quantitative estimate of drug-likeness (QED) is 0.441. The number of hydrogen-bond donors (Lipinski definition) is 2. The van der Waals surface area contributed by atoms with Crippen molar-refractivity contribution in [2.24, 2.45) is 0 Å². The fourth-order valence-corrected chi connectivity index (χ4v) is 0.590. The monoisotopic (exact) mass is 197 g/mol. The fraction of sp³-hybridized carbons (Fsp3) is 1.00. The number of hydrogen-bond acceptors (Lipinski definition) is 1. The Labute approximate surface area is 67.6 Å². The minimum atomic E-state index is 0. The molecule has 0 rings (SSSR count). The molecule has 0 aliphatic heterocycles. The van der Waals surface area contributed by atoms with Crippen molar-refractivity contribution in [3.8, 4) is 0 Å². The lowest BCUT2D eigenvalue weighted by Crippen LogP contribution is -3.05. The molecule has 0 saturated heterocycles. The average Bonchev–Trinajstić information content (AvgIpc) is 1.66. The minimum absolute atomic E-state index is 0. The van der Waals surface area contributed by atoms with Gasteiger partial charge in [-0.15, -0.1) is 0 Å². The van der Waals surface area contributed by atoms with Crippen molar-refractivity contribution >= 4 is 0 Å². The van der Waals surface area contributed by atoms with Crippen molar-refractivity contribution in [3.63, 3.8) is 0 Å². The van der Waals surface area contributed by atoms with Gasteiger partial charge < -0.3 is 27.0 Å². The summed E-state index contributed by atoms with van der Waals surface area (Å²) in [5.41, 5.74) is 0. The molecule has 0 aromatic rings. The number of aliphatic hydroxyl groups excluding tert-OH is 1. The highest BCUT2D eigenvalue weighted by atomic mass is 79.9. The Hall–Kier alpha value is 0.400. The molecule has 0 heterocycles. The Morgan fingerprint density at radius 3 is 2.11 bits per heavy atom. The lowest BCUT2D eigenvalue weighted by Gasteiger charge is -2.04. The minimum Gasteiger partial charge on any atom is -1.00 e. The molecule has 0 aliphatic carbocycles. The number of halogens is 1. The van der Waals surface area contributed by atoms with Gasteiger partial charge in [-0.05, 0) is 12.8 Å². The van der Waals surface area contributed by atoms with Crippen LogP contribution in [0.25, 0.3) is 0 Å². The maximum absolute atomic E-state index is 8.37. The summed E-state index contributed by atoms with van der Waals surface area (Å²) in [6, 6.07) is 0. The number of aliphatic hydroxyl groups is 1. The topological polar surface area (TPSA) is 24.7 Å². The van der Waals surface area contributed by atoms with E-state index in [9.17, 15) is 0 Å². The van der Waals surface area contributed by atoms with Crippen molar-refractivity contribution < 1.29 is 27.0 Å². The molecule has 2 nitrogen and oxygen atoms in total. The van der Waals surface area contributed by atoms with E-state index in [1.54, 1.807) is 0 Å². The van der Waals surface area contributed by atoms with Crippen LogP contribution in [0.15, 0.2) is 0 Å². The molecule has 2 N–H and O–H groups in total. The van der Waals surface area contributed by atoms with Gasteiger partial charge in [-0.3, -0.25) is 0 Å². The lowest BCUT2D eigenvalue weighted by molar-refractivity contribution is -0.858. The molecule has 0 atom stereocenters. The fourth-order valence-electron chi connectivity index (χ4n) is 0.590. The molecule has 0 aromatic heterocycles. The van der Waals surface area contributed by atoms with Gasteiger partial charge in [-0.25, -0.2) is 0 Å². The van der Waals surface area contributed by atoms with Gasteiger partial charge in [0.25, 0.3) is 0 Å². The second-order valence-corrected chi connectivity index (χ2v) is 2.39. The first-order chi connectivity index (χ1) is 3.77. The third-order valence-corrected chi connectivity index (χ3v) is 1.08. The molecule has 0 radical (unpaired) electrons. The van der Waals surface area contributed by atoms with Crippen LogP contribution in [0.1, 0.15) is 12.8 Å². The number of unbranched alkanes of at least 4 members (excludes halogenated alkanes) is 1. The van der Waals surface area contributed by atoms with E-state index in [1.807, 2.05) is 0 Å². The molecule has 0 spiro atoms. The Bertz CT molecular complexity index is 50.3. The lowest BCUT2D eigenvalue weighted by atomic mass is 10.3. The van der Waals surface area contributed by atoms with Gasteiger partial charge in [0.05, 0.1) is 20.6 Å². The largest absolute Gasteiger partial charge is 1.00 e. The number of rotatable bonds is 4. The van der Waals surface area contributed by atoms with Gasteiger partial charge in [0.15, 0.2) is 0 Å². The maximum Gasteiger partial charge on any atom is 0.0767 e. The summed E-state index contributed by atoms with van der Waals surface area (Å²) in [6.07, 6.45) is 2.09. The molecule has 0 aromatic carbocycles. The van der Waals surface area contributed by atoms with Crippen LogP contribution in [-0.4, -0.2) is 32.4 Å². The molecule has 0 aliphatic rings. The third-order valence-electron chi connectivity index (χ3n) is 1.08. The molecule has 0 amide bonds. The zero-order valence-electron chi connectivity index (χ0n) is 6.15.